The molecule has 1 aromatic heterocycles. The molecule has 0 aliphatic carbocycles. The molecule has 0 atom stereocenters. The number of carbonyl (C=O) groups is 1. The SMILES string of the molecule is C=C(Cl)CNS(=O)(=O)c1cc(C(=O)O)oc1C. The van der Waals surface area contributed by atoms with Crippen LogP contribution >= 0.6 is 11.6 Å². The van der Waals surface area contributed by atoms with E-state index in [1.807, 2.05) is 0 Å². The van der Waals surface area contributed by atoms with Crippen LogP contribution in [0.1, 0.15) is 16.3 Å². The predicted octanol–water partition coefficient (Wildman–Crippen LogP) is 1.32. The van der Waals surface area contributed by atoms with Crippen molar-refractivity contribution in [1.29, 1.82) is 0 Å². The number of hydrogen-bond acceptors (Lipinski definition) is 4. The largest absolute Gasteiger partial charge is 0.475 e. The van der Waals surface area contributed by atoms with Crippen molar-refractivity contribution >= 4 is 27.6 Å². The Balaban J connectivity index is 3.07. The molecule has 0 aliphatic heterocycles. The predicted molar refractivity (Wildman–Crippen MR) is 60.6 cm³/mol. The number of carboxylic acids is 1. The molecule has 1 rings (SSSR count). The monoisotopic (exact) mass is 279 g/mol. The average molecular weight is 280 g/mol. The van der Waals surface area contributed by atoms with E-state index >= 15 is 0 Å². The molecule has 0 amide bonds. The maximum Gasteiger partial charge on any atom is 0.371 e. The van der Waals surface area contributed by atoms with Gasteiger partial charge in [-0.25, -0.2) is 17.9 Å². The van der Waals surface area contributed by atoms with Gasteiger partial charge in [0.1, 0.15) is 10.7 Å². The Hall–Kier alpha value is -1.31. The molecule has 0 fully saturated rings. The maximum absolute atomic E-state index is 11.7. The van der Waals surface area contributed by atoms with Gasteiger partial charge < -0.3 is 9.52 Å². The number of hydrogen-bond donors (Lipinski definition) is 2. The highest BCUT2D eigenvalue weighted by molar-refractivity contribution is 7.89. The van der Waals surface area contributed by atoms with Gasteiger partial charge in [0, 0.05) is 17.6 Å². The van der Waals surface area contributed by atoms with E-state index in [1.54, 1.807) is 0 Å². The second-order valence-electron chi connectivity index (χ2n) is 3.18. The van der Waals surface area contributed by atoms with Crippen molar-refractivity contribution in [2.45, 2.75) is 11.8 Å². The van der Waals surface area contributed by atoms with Crippen LogP contribution in [0, 0.1) is 6.92 Å². The highest BCUT2D eigenvalue weighted by atomic mass is 35.5. The van der Waals surface area contributed by atoms with Crippen LogP contribution in [0.3, 0.4) is 0 Å². The zero-order valence-corrected chi connectivity index (χ0v) is 10.4. The lowest BCUT2D eigenvalue weighted by atomic mass is 10.4. The molecule has 6 nitrogen and oxygen atoms in total. The van der Waals surface area contributed by atoms with Crippen LogP contribution in [0.25, 0.3) is 0 Å². The van der Waals surface area contributed by atoms with Gasteiger partial charge in [-0.2, -0.15) is 0 Å². The summed E-state index contributed by atoms with van der Waals surface area (Å²) in [6.07, 6.45) is 0. The summed E-state index contributed by atoms with van der Waals surface area (Å²) in [5.41, 5.74) is 0. The van der Waals surface area contributed by atoms with Gasteiger partial charge in [-0.3, -0.25) is 0 Å². The fourth-order valence-corrected chi connectivity index (χ4v) is 2.44. The second-order valence-corrected chi connectivity index (χ2v) is 5.45. The highest BCUT2D eigenvalue weighted by Gasteiger charge is 2.23. The number of halogens is 1. The number of sulfonamides is 1. The molecule has 1 heterocycles. The van der Waals surface area contributed by atoms with E-state index in [1.165, 1.54) is 6.92 Å². The Morgan fingerprint density at radius 2 is 2.24 bits per heavy atom. The Kier molecular flexibility index (Phi) is 3.97. The number of carboxylic acid groups (broad SMARTS) is 1. The van der Waals surface area contributed by atoms with Crippen LogP contribution < -0.4 is 4.72 Å². The van der Waals surface area contributed by atoms with Crippen molar-refractivity contribution in [3.8, 4) is 0 Å². The van der Waals surface area contributed by atoms with E-state index in [0.717, 1.165) is 6.07 Å². The van der Waals surface area contributed by atoms with Crippen LogP contribution in [0.15, 0.2) is 27.0 Å². The number of nitrogens with one attached hydrogen (secondary N) is 1. The molecule has 0 radical (unpaired) electrons. The first-order valence-electron chi connectivity index (χ1n) is 4.40. The summed E-state index contributed by atoms with van der Waals surface area (Å²) >= 11 is 5.43. The zero-order valence-electron chi connectivity index (χ0n) is 8.86. The smallest absolute Gasteiger partial charge is 0.371 e. The van der Waals surface area contributed by atoms with E-state index < -0.39 is 21.8 Å². The third-order valence-corrected chi connectivity index (χ3v) is 3.47. The average Bonchev–Trinajstić information content (AvgIpc) is 2.58. The minimum Gasteiger partial charge on any atom is -0.475 e. The Labute approximate surface area is 103 Å². The standard InChI is InChI=1S/C9H10ClNO5S/c1-5(10)4-11-17(14,15)8-3-7(9(12)13)16-6(8)2/h3,11H,1,4H2,2H3,(H,12,13). The lowest BCUT2D eigenvalue weighted by molar-refractivity contribution is 0.0661. The molecule has 8 heteroatoms. The van der Waals surface area contributed by atoms with Gasteiger partial charge in [0.05, 0.1) is 0 Å². The summed E-state index contributed by atoms with van der Waals surface area (Å²) in [4.78, 5) is 10.4. The van der Waals surface area contributed by atoms with Crippen molar-refractivity contribution in [1.82, 2.24) is 4.72 Å². The van der Waals surface area contributed by atoms with Gasteiger partial charge in [-0.1, -0.05) is 18.2 Å². The van der Waals surface area contributed by atoms with E-state index in [0.29, 0.717) is 0 Å². The molecule has 1 aromatic rings. The molecule has 0 unspecified atom stereocenters. The van der Waals surface area contributed by atoms with Gasteiger partial charge in [-0.15, -0.1) is 0 Å². The summed E-state index contributed by atoms with van der Waals surface area (Å²) in [5, 5.41) is 8.78. The van der Waals surface area contributed by atoms with Gasteiger partial charge in [0.2, 0.25) is 15.8 Å². The van der Waals surface area contributed by atoms with Gasteiger partial charge in [-0.05, 0) is 6.92 Å². The molecule has 2 N–H and O–H groups in total. The molecule has 0 saturated heterocycles. The van der Waals surface area contributed by atoms with Crippen molar-refractivity contribution in [2.75, 3.05) is 6.54 Å². The van der Waals surface area contributed by atoms with Crippen molar-refractivity contribution in [3.05, 3.63) is 29.2 Å². The molecular weight excluding hydrogens is 270 g/mol. The van der Waals surface area contributed by atoms with Crippen LogP contribution in [0.4, 0.5) is 0 Å². The van der Waals surface area contributed by atoms with E-state index in [4.69, 9.17) is 21.1 Å². The van der Waals surface area contributed by atoms with Gasteiger partial charge in [0.15, 0.2) is 0 Å². The normalized spacial score (nSPS) is 11.4. The molecule has 0 spiro atoms. The van der Waals surface area contributed by atoms with Crippen molar-refractivity contribution in [2.24, 2.45) is 0 Å². The number of furan rings is 1. The van der Waals surface area contributed by atoms with E-state index in [9.17, 15) is 13.2 Å². The summed E-state index contributed by atoms with van der Waals surface area (Å²) in [7, 11) is -3.85. The Bertz CT molecular complexity index is 560. The molecule has 94 valence electrons. The summed E-state index contributed by atoms with van der Waals surface area (Å²) < 4.78 is 30.4. The van der Waals surface area contributed by atoms with Crippen molar-refractivity contribution in [3.63, 3.8) is 0 Å². The number of aromatic carboxylic acids is 1. The minimum absolute atomic E-state index is 0.00455. The first-order chi connectivity index (χ1) is 7.74. The highest BCUT2D eigenvalue weighted by Crippen LogP contribution is 2.20. The van der Waals surface area contributed by atoms with Crippen molar-refractivity contribution < 1.29 is 22.7 Å². The van der Waals surface area contributed by atoms with Crippen LogP contribution in [0.5, 0.6) is 0 Å². The molecule has 0 saturated carbocycles. The Morgan fingerprint density at radius 3 is 2.65 bits per heavy atom. The molecule has 17 heavy (non-hydrogen) atoms. The maximum atomic E-state index is 11.7. The fraction of sp³-hybridized carbons (Fsp3) is 0.222. The lowest BCUT2D eigenvalue weighted by Gasteiger charge is -2.03. The third-order valence-electron chi connectivity index (χ3n) is 1.83. The summed E-state index contributed by atoms with van der Waals surface area (Å²) in [6, 6.07) is 0.941. The minimum atomic E-state index is -3.85. The molecule has 0 aromatic carbocycles. The number of rotatable bonds is 5. The van der Waals surface area contributed by atoms with Crippen LogP contribution in [-0.2, 0) is 10.0 Å². The van der Waals surface area contributed by atoms with E-state index in [-0.39, 0.29) is 22.2 Å². The molecule has 0 aliphatic rings. The first kappa shape index (κ1) is 13.8. The number of aryl methyl sites for hydroxylation is 1. The lowest BCUT2D eigenvalue weighted by Crippen LogP contribution is -2.25. The zero-order chi connectivity index (χ0) is 13.2. The molecule has 0 bridgehead atoms. The van der Waals surface area contributed by atoms with Crippen LogP contribution in [0.2, 0.25) is 0 Å². The quantitative estimate of drug-likeness (QED) is 0.847. The second kappa shape index (κ2) is 4.91. The van der Waals surface area contributed by atoms with E-state index in [2.05, 4.69) is 11.3 Å². The first-order valence-corrected chi connectivity index (χ1v) is 6.27. The topological polar surface area (TPSA) is 96.6 Å². The fourth-order valence-electron chi connectivity index (χ4n) is 1.09. The van der Waals surface area contributed by atoms with Gasteiger partial charge >= 0.3 is 5.97 Å². The third kappa shape index (κ3) is 3.32. The van der Waals surface area contributed by atoms with Crippen LogP contribution in [-0.4, -0.2) is 26.0 Å². The Morgan fingerprint density at radius 1 is 1.65 bits per heavy atom. The summed E-state index contributed by atoms with van der Waals surface area (Å²) in [5.74, 6) is -1.78. The summed E-state index contributed by atoms with van der Waals surface area (Å²) in [6.45, 7) is 4.54. The van der Waals surface area contributed by atoms with Gasteiger partial charge in [0.25, 0.3) is 0 Å². The molecular formula is C9H10ClNO5S.